The smallest absolute Gasteiger partial charge is 0.418 e. The Labute approximate surface area is 728 Å². The van der Waals surface area contributed by atoms with Crippen molar-refractivity contribution < 1.29 is 40.7 Å². The zero-order valence-electron chi connectivity index (χ0n) is 78.6. The second-order valence-electron chi connectivity index (χ2n) is 37.6. The predicted molar refractivity (Wildman–Crippen MR) is 511 cm³/mol. The average Bonchev–Trinajstić information content (AvgIpc) is 0.760. The topological polar surface area (TPSA) is 83.1 Å². The maximum Gasteiger partial charge on any atom is 0.463 e. The highest BCUT2D eigenvalue weighted by Crippen LogP contribution is 2.53. The number of rotatable bonds is 65. The van der Waals surface area contributed by atoms with Gasteiger partial charge in [-0.1, -0.05) is 377 Å². The first-order valence-corrected chi connectivity index (χ1v) is 51.3. The molecule has 4 unspecified atom stereocenters. The van der Waals surface area contributed by atoms with Gasteiger partial charge in [-0.2, -0.15) is 0 Å². The normalized spacial score (nSPS) is 13.3. The van der Waals surface area contributed by atoms with Gasteiger partial charge in [0, 0.05) is 22.6 Å². The first-order valence-electron chi connectivity index (χ1n) is 48.0. The minimum Gasteiger partial charge on any atom is -0.418 e. The van der Waals surface area contributed by atoms with Crippen LogP contribution in [0.5, 0.6) is 34.5 Å². The Morgan fingerprint density at radius 2 is 0.483 bits per heavy atom. The molecule has 0 spiro atoms. The second kappa shape index (κ2) is 57.7. The van der Waals surface area contributed by atoms with Crippen molar-refractivity contribution in [3.8, 4) is 34.5 Å². The monoisotopic (exact) mass is 1680 g/mol. The van der Waals surface area contributed by atoms with Crippen LogP contribution in [0.1, 0.15) is 446 Å². The van der Waals surface area contributed by atoms with Crippen molar-refractivity contribution in [2.24, 2.45) is 0 Å². The van der Waals surface area contributed by atoms with Gasteiger partial charge in [0.15, 0.2) is 0 Å². The maximum absolute atomic E-state index is 7.29. The van der Waals surface area contributed by atoms with E-state index < -0.39 is 25.8 Å². The molecule has 0 heterocycles. The first kappa shape index (κ1) is 102. The number of hydrogen-bond donors (Lipinski definition) is 0. The zero-order valence-corrected chi connectivity index (χ0v) is 81.3. The summed E-state index contributed by atoms with van der Waals surface area (Å²) in [7, 11) is -5.48. The lowest BCUT2D eigenvalue weighted by molar-refractivity contribution is 0.256. The van der Waals surface area contributed by atoms with Gasteiger partial charge in [-0.15, -0.1) is 0 Å². The van der Waals surface area contributed by atoms with Crippen molar-refractivity contribution in [3.63, 3.8) is 0 Å². The highest BCUT2D eigenvalue weighted by atomic mass is 31.2. The van der Waals surface area contributed by atoms with E-state index in [1.807, 2.05) is 0 Å². The molecule has 0 bridgehead atoms. The van der Waals surface area contributed by atoms with E-state index in [1.54, 1.807) is 0 Å². The molecule has 0 aromatic heterocycles. The maximum atomic E-state index is 7.29. The summed E-state index contributed by atoms with van der Waals surface area (Å²) < 4.78 is 62.9. The van der Waals surface area contributed by atoms with Crippen LogP contribution in [0.15, 0.2) is 109 Å². The fourth-order valence-electron chi connectivity index (χ4n) is 16.1. The van der Waals surface area contributed by atoms with E-state index in [0.717, 1.165) is 127 Å². The van der Waals surface area contributed by atoms with E-state index in [-0.39, 0.29) is 28.1 Å². The van der Waals surface area contributed by atoms with Crippen LogP contribution in [0, 0.1) is 20.8 Å². The molecule has 0 saturated carbocycles. The van der Waals surface area contributed by atoms with Gasteiger partial charge < -0.3 is 27.1 Å². The standard InChI is InChI=1S/C106H169O9P3/c1-20-26-32-38-44-50-56-74-107-116(110-91-68-62-88(63-69-91)59-53-47-41-35-29-23-4)113-101-78-85(8)94(81-98(101)104(11,12)13)84(7)77-97(95-82-99(105(14,15)16)102(79-86(95)9)114-117(108-75-57-51-45-39-33-27-21-2)111-92-70-64-89(65-71-92)60-54-48-42-36-30-24-5)96-83-100(106(17,18)19)103(80-87(96)10)115-118(109-76-58-52-46-40-34-28-22-3)112-93-72-66-90(67-73-93)61-55-49-43-37-31-25-6/h62-73,78-84,97H,20-61,74-77H2,1-19H3. The molecule has 9 nitrogen and oxygen atoms in total. The summed E-state index contributed by atoms with van der Waals surface area (Å²) in [4.78, 5) is 0. The third-order valence-electron chi connectivity index (χ3n) is 23.5. The lowest BCUT2D eigenvalue weighted by Gasteiger charge is -2.33. The van der Waals surface area contributed by atoms with Crippen LogP contribution in [-0.4, -0.2) is 19.8 Å². The van der Waals surface area contributed by atoms with Gasteiger partial charge in [0.1, 0.15) is 34.5 Å². The van der Waals surface area contributed by atoms with E-state index in [2.05, 4.69) is 241 Å². The SMILES string of the molecule is CCCCCCCCCOP(Oc1ccc(CCCCCCCC)cc1)Oc1cc(C)c(C(C)CC(c2cc(C(C)(C)C)c(OP(OCCCCCCCCC)Oc3ccc(CCCCCCCC)cc3)cc2C)c2cc(C(C)(C)C)c(OP(OCCCCCCCCC)Oc3ccc(CCCCCCCC)cc3)cc2C)cc1C(C)(C)C. The largest absolute Gasteiger partial charge is 0.463 e. The van der Waals surface area contributed by atoms with Crippen LogP contribution >= 0.6 is 25.8 Å². The van der Waals surface area contributed by atoms with E-state index >= 15 is 0 Å². The zero-order chi connectivity index (χ0) is 85.4. The van der Waals surface area contributed by atoms with Crippen LogP contribution in [0.2, 0.25) is 0 Å². The summed E-state index contributed by atoms with van der Waals surface area (Å²) >= 11 is 0. The lowest BCUT2D eigenvalue weighted by Crippen LogP contribution is -2.19. The molecule has 4 atom stereocenters. The molecule has 662 valence electrons. The third-order valence-corrected chi connectivity index (χ3v) is 26.8. The van der Waals surface area contributed by atoms with Crippen molar-refractivity contribution in [2.75, 3.05) is 19.8 Å². The lowest BCUT2D eigenvalue weighted by atomic mass is 9.74. The molecular weight excluding hydrogens is 1510 g/mol. The molecule has 12 heteroatoms. The van der Waals surface area contributed by atoms with Gasteiger partial charge >= 0.3 is 25.8 Å². The van der Waals surface area contributed by atoms with Gasteiger partial charge in [0.25, 0.3) is 0 Å². The first-order chi connectivity index (χ1) is 56.9. The minimum absolute atomic E-state index is 0.0745. The Balaban J connectivity index is 1.46. The van der Waals surface area contributed by atoms with E-state index in [0.29, 0.717) is 19.8 Å². The summed E-state index contributed by atoms with van der Waals surface area (Å²) in [6.07, 6.45) is 52.3. The predicted octanol–water partition coefficient (Wildman–Crippen LogP) is 35.9. The Hall–Kier alpha value is -4.71. The Bertz CT molecular complexity index is 3450. The molecule has 0 fully saturated rings. The van der Waals surface area contributed by atoms with Crippen molar-refractivity contribution in [1.29, 1.82) is 0 Å². The Kier molecular flexibility index (Phi) is 49.9. The number of unbranched alkanes of at least 4 members (excludes halogenated alkanes) is 33. The van der Waals surface area contributed by atoms with Crippen LogP contribution in [0.25, 0.3) is 0 Å². The average molecular weight is 1680 g/mol. The molecule has 0 aliphatic heterocycles. The van der Waals surface area contributed by atoms with Crippen molar-refractivity contribution in [3.05, 3.63) is 176 Å². The molecule has 6 aromatic carbocycles. The molecule has 0 aliphatic rings. The highest BCUT2D eigenvalue weighted by molar-refractivity contribution is 7.43. The molecule has 0 N–H and O–H groups in total. The summed E-state index contributed by atoms with van der Waals surface area (Å²) in [5, 5.41) is 0. The molecule has 6 aromatic rings. The molecule has 118 heavy (non-hydrogen) atoms. The fraction of sp³-hybridized carbons (Fsp3) is 0.660. The van der Waals surface area contributed by atoms with Gasteiger partial charge in [-0.05, 0) is 212 Å². The van der Waals surface area contributed by atoms with Gasteiger partial charge in [-0.3, -0.25) is 13.6 Å². The number of hydrogen-bond acceptors (Lipinski definition) is 9. The second-order valence-corrected chi connectivity index (χ2v) is 40.8. The van der Waals surface area contributed by atoms with Gasteiger partial charge in [0.2, 0.25) is 0 Å². The van der Waals surface area contributed by atoms with Gasteiger partial charge in [-0.25, -0.2) is 0 Å². The fourth-order valence-corrected chi connectivity index (χ4v) is 19.1. The van der Waals surface area contributed by atoms with E-state index in [4.69, 9.17) is 40.7 Å². The number of aryl methyl sites for hydroxylation is 6. The summed E-state index contributed by atoms with van der Waals surface area (Å²) in [6.45, 7) is 45.6. The number of benzene rings is 6. The summed E-state index contributed by atoms with van der Waals surface area (Å²) in [5.41, 5.74) is 13.8. The van der Waals surface area contributed by atoms with E-state index in [1.165, 1.54) is 251 Å². The van der Waals surface area contributed by atoms with E-state index in [9.17, 15) is 0 Å². The minimum atomic E-state index is -1.84. The molecule has 6 rings (SSSR count). The van der Waals surface area contributed by atoms with Crippen LogP contribution in [0.4, 0.5) is 0 Å². The van der Waals surface area contributed by atoms with Crippen molar-refractivity contribution >= 4 is 25.8 Å². The summed E-state index contributed by atoms with van der Waals surface area (Å²) in [5.74, 6) is 4.75. The molecule has 0 amide bonds. The quantitative estimate of drug-likeness (QED) is 0.0274. The molecule has 0 radical (unpaired) electrons. The molecule has 0 aliphatic carbocycles. The van der Waals surface area contributed by atoms with Crippen LogP contribution in [0.3, 0.4) is 0 Å². The Morgan fingerprint density at radius 3 is 0.729 bits per heavy atom. The Morgan fingerprint density at radius 1 is 0.263 bits per heavy atom. The van der Waals surface area contributed by atoms with Crippen LogP contribution < -0.4 is 27.1 Å². The summed E-state index contributed by atoms with van der Waals surface area (Å²) in [6, 6.07) is 40.4. The molecular formula is C106H169O9P3. The highest BCUT2D eigenvalue weighted by Gasteiger charge is 2.34. The molecule has 0 saturated heterocycles. The van der Waals surface area contributed by atoms with Crippen molar-refractivity contribution in [1.82, 2.24) is 0 Å². The third kappa shape index (κ3) is 39.4. The van der Waals surface area contributed by atoms with Gasteiger partial charge in [0.05, 0.1) is 19.8 Å². The van der Waals surface area contributed by atoms with Crippen molar-refractivity contribution in [2.45, 2.75) is 436 Å². The van der Waals surface area contributed by atoms with Crippen LogP contribution in [-0.2, 0) is 49.1 Å².